The molecule has 0 amide bonds. The summed E-state index contributed by atoms with van der Waals surface area (Å²) in [6.07, 6.45) is 0.861. The fourth-order valence-electron chi connectivity index (χ4n) is 8.27. The highest BCUT2D eigenvalue weighted by Gasteiger charge is 2.19. The Hall–Kier alpha value is -6.51. The lowest BCUT2D eigenvalue weighted by Crippen LogP contribution is -2.00. The van der Waals surface area contributed by atoms with Gasteiger partial charge in [-0.2, -0.15) is 0 Å². The van der Waals surface area contributed by atoms with Gasteiger partial charge in [0, 0.05) is 12.1 Å². The van der Waals surface area contributed by atoms with Crippen LogP contribution < -0.4 is 0 Å². The number of aromatic nitrogens is 2. The lowest BCUT2D eigenvalue weighted by Gasteiger charge is -2.20. The summed E-state index contributed by atoms with van der Waals surface area (Å²) in [6.45, 7) is 2.17. The van der Waals surface area contributed by atoms with Crippen LogP contribution in [0.15, 0.2) is 176 Å². The normalized spacial score (nSPS) is 11.7. The number of hydrogen-bond donors (Lipinski definition) is 0. The predicted molar refractivity (Wildman–Crippen MR) is 217 cm³/mol. The number of aryl methyl sites for hydroxylation is 1. The Bertz CT molecular complexity index is 2910. The number of hydrogen-bond acceptors (Lipinski definition) is 1. The Morgan fingerprint density at radius 2 is 0.980 bits per heavy atom. The molecule has 2 nitrogen and oxygen atoms in total. The van der Waals surface area contributed by atoms with Gasteiger partial charge in [0.2, 0.25) is 0 Å². The van der Waals surface area contributed by atoms with E-state index in [0.29, 0.717) is 0 Å². The summed E-state index contributed by atoms with van der Waals surface area (Å²) in [4.78, 5) is 4.95. The first-order valence-electron chi connectivity index (χ1n) is 17.8. The van der Waals surface area contributed by atoms with E-state index >= 15 is 0 Å². The van der Waals surface area contributed by atoms with Gasteiger partial charge in [-0.05, 0) is 113 Å². The molecule has 0 N–H and O–H groups in total. The lowest BCUT2D eigenvalue weighted by atomic mass is 9.83. The Morgan fingerprint density at radius 1 is 0.431 bits per heavy atom. The summed E-state index contributed by atoms with van der Waals surface area (Å²) in [6, 6.07) is 64.3. The Morgan fingerprint density at radius 3 is 1.71 bits per heavy atom. The lowest BCUT2D eigenvalue weighted by molar-refractivity contribution is 0.908. The van der Waals surface area contributed by atoms with E-state index in [1.54, 1.807) is 0 Å². The first-order chi connectivity index (χ1) is 25.3. The van der Waals surface area contributed by atoms with Crippen molar-refractivity contribution in [2.75, 3.05) is 0 Å². The average molecular weight is 651 g/mol. The molecule has 0 aliphatic rings. The van der Waals surface area contributed by atoms with E-state index in [4.69, 9.17) is 4.98 Å². The van der Waals surface area contributed by atoms with Crippen molar-refractivity contribution in [3.8, 4) is 39.1 Å². The van der Waals surface area contributed by atoms with E-state index in [1.807, 2.05) is 0 Å². The number of imidazole rings is 1. The molecule has 0 atom stereocenters. The van der Waals surface area contributed by atoms with Crippen molar-refractivity contribution in [2.45, 2.75) is 13.3 Å². The standard InChI is InChI=1S/C49H34N2/c1-2-47-50-45-27-11-12-28-46(45)51(47)36-19-14-17-33(30-36)32-16-13-18-35(29-32)48-40-23-7-9-25-42(40)49(43-26-10-8-24-41(43)48)44-31-34-15-3-4-20-37(34)38-21-5-6-22-39(38)44/h3-31H,2H2,1H3. The number of rotatable bonds is 5. The summed E-state index contributed by atoms with van der Waals surface area (Å²) in [5.41, 5.74) is 10.7. The van der Waals surface area contributed by atoms with Crippen LogP contribution in [-0.2, 0) is 6.42 Å². The highest BCUT2D eigenvalue weighted by molar-refractivity contribution is 6.25. The minimum absolute atomic E-state index is 0.861. The van der Waals surface area contributed by atoms with Gasteiger partial charge in [0.05, 0.1) is 11.0 Å². The average Bonchev–Trinajstić information content (AvgIpc) is 3.59. The summed E-state index contributed by atoms with van der Waals surface area (Å²) in [5, 5.41) is 10.1. The van der Waals surface area contributed by atoms with E-state index in [1.165, 1.54) is 76.5 Å². The molecule has 0 bridgehead atoms. The highest BCUT2D eigenvalue weighted by atomic mass is 15.1. The number of benzene rings is 9. The van der Waals surface area contributed by atoms with E-state index in [2.05, 4.69) is 187 Å². The second-order valence-electron chi connectivity index (χ2n) is 13.4. The number of nitrogens with zero attached hydrogens (tertiary/aromatic N) is 2. The van der Waals surface area contributed by atoms with Crippen molar-refractivity contribution in [2.24, 2.45) is 0 Å². The van der Waals surface area contributed by atoms with Gasteiger partial charge in [-0.1, -0.05) is 146 Å². The van der Waals surface area contributed by atoms with E-state index in [0.717, 1.165) is 29.0 Å². The second kappa shape index (κ2) is 11.8. The van der Waals surface area contributed by atoms with Crippen LogP contribution in [0.25, 0.3) is 93.2 Å². The molecule has 0 fully saturated rings. The molecular weight excluding hydrogens is 617 g/mol. The zero-order chi connectivity index (χ0) is 33.9. The summed E-state index contributed by atoms with van der Waals surface area (Å²) >= 11 is 0. The Balaban J connectivity index is 1.19. The smallest absolute Gasteiger partial charge is 0.114 e. The van der Waals surface area contributed by atoms with E-state index in [9.17, 15) is 0 Å². The van der Waals surface area contributed by atoms with Crippen LogP contribution in [0.1, 0.15) is 12.7 Å². The fraction of sp³-hybridized carbons (Fsp3) is 0.0408. The molecule has 1 aromatic heterocycles. The minimum atomic E-state index is 0.861. The van der Waals surface area contributed by atoms with Crippen molar-refractivity contribution < 1.29 is 0 Å². The maximum absolute atomic E-state index is 4.95. The zero-order valence-corrected chi connectivity index (χ0v) is 28.3. The van der Waals surface area contributed by atoms with Gasteiger partial charge < -0.3 is 0 Å². The van der Waals surface area contributed by atoms with Gasteiger partial charge in [0.1, 0.15) is 5.82 Å². The molecule has 0 unspecified atom stereocenters. The topological polar surface area (TPSA) is 17.8 Å². The van der Waals surface area contributed by atoms with Crippen molar-refractivity contribution in [1.82, 2.24) is 9.55 Å². The molecule has 1 heterocycles. The molecule has 0 radical (unpaired) electrons. The predicted octanol–water partition coefficient (Wildman–Crippen LogP) is 13.2. The third-order valence-electron chi connectivity index (χ3n) is 10.5. The zero-order valence-electron chi connectivity index (χ0n) is 28.3. The van der Waals surface area contributed by atoms with Gasteiger partial charge in [0.25, 0.3) is 0 Å². The van der Waals surface area contributed by atoms with Gasteiger partial charge >= 0.3 is 0 Å². The molecule has 0 spiro atoms. The number of para-hydroxylation sites is 2. The van der Waals surface area contributed by atoms with Crippen molar-refractivity contribution >= 4 is 54.1 Å². The van der Waals surface area contributed by atoms with Crippen molar-refractivity contribution in [1.29, 1.82) is 0 Å². The third kappa shape index (κ3) is 4.68. The fourth-order valence-corrected chi connectivity index (χ4v) is 8.27. The molecule has 0 aliphatic carbocycles. The molecule has 51 heavy (non-hydrogen) atoms. The third-order valence-corrected chi connectivity index (χ3v) is 10.5. The van der Waals surface area contributed by atoms with Gasteiger partial charge in [0.15, 0.2) is 0 Å². The van der Waals surface area contributed by atoms with Gasteiger partial charge in [-0.15, -0.1) is 0 Å². The van der Waals surface area contributed by atoms with Crippen LogP contribution in [0.5, 0.6) is 0 Å². The Labute approximate surface area is 296 Å². The molecule has 0 saturated carbocycles. The molecular formula is C49H34N2. The molecule has 0 saturated heterocycles. The second-order valence-corrected chi connectivity index (χ2v) is 13.4. The van der Waals surface area contributed by atoms with Crippen LogP contribution in [0.2, 0.25) is 0 Å². The molecule has 240 valence electrons. The Kier molecular flexibility index (Phi) is 6.82. The number of fused-ring (bicyclic) bond motifs is 6. The quantitative estimate of drug-likeness (QED) is 0.134. The van der Waals surface area contributed by atoms with E-state index < -0.39 is 0 Å². The molecule has 2 heteroatoms. The minimum Gasteiger partial charge on any atom is -0.296 e. The van der Waals surface area contributed by atoms with Gasteiger partial charge in [-0.25, -0.2) is 4.98 Å². The maximum Gasteiger partial charge on any atom is 0.114 e. The molecule has 0 aliphatic heterocycles. The monoisotopic (exact) mass is 650 g/mol. The maximum atomic E-state index is 4.95. The first-order valence-corrected chi connectivity index (χ1v) is 17.8. The van der Waals surface area contributed by atoms with E-state index in [-0.39, 0.29) is 0 Å². The van der Waals surface area contributed by atoms with Crippen molar-refractivity contribution in [3.63, 3.8) is 0 Å². The molecule has 10 rings (SSSR count). The largest absolute Gasteiger partial charge is 0.296 e. The van der Waals surface area contributed by atoms with Crippen LogP contribution in [0.3, 0.4) is 0 Å². The molecule has 10 aromatic rings. The van der Waals surface area contributed by atoms with Crippen LogP contribution in [0, 0.1) is 0 Å². The van der Waals surface area contributed by atoms with Crippen LogP contribution in [-0.4, -0.2) is 9.55 Å². The van der Waals surface area contributed by atoms with Crippen molar-refractivity contribution in [3.05, 3.63) is 182 Å². The SMILES string of the molecule is CCc1nc2ccccc2n1-c1cccc(-c2cccc(-c3c4ccccc4c(-c4cc5ccccc5c5ccccc45)c4ccccc34)c2)c1. The van der Waals surface area contributed by atoms with Crippen LogP contribution >= 0.6 is 0 Å². The van der Waals surface area contributed by atoms with Crippen LogP contribution in [0.4, 0.5) is 0 Å². The molecule has 9 aromatic carbocycles. The summed E-state index contributed by atoms with van der Waals surface area (Å²) < 4.78 is 2.30. The summed E-state index contributed by atoms with van der Waals surface area (Å²) in [5.74, 6) is 1.07. The summed E-state index contributed by atoms with van der Waals surface area (Å²) in [7, 11) is 0. The van der Waals surface area contributed by atoms with Gasteiger partial charge in [-0.3, -0.25) is 4.57 Å². The first kappa shape index (κ1) is 29.4. The highest BCUT2D eigenvalue weighted by Crippen LogP contribution is 2.46.